The van der Waals surface area contributed by atoms with Crippen molar-refractivity contribution in [3.63, 3.8) is 0 Å². The molecule has 2 aromatic carbocycles. The molecular formula is C14H8Cl2N2O3. The summed E-state index contributed by atoms with van der Waals surface area (Å²) in [6, 6.07) is 11.3. The summed E-state index contributed by atoms with van der Waals surface area (Å²) in [5.74, 6) is 0.00198. The number of nitriles is 1. The molecular weight excluding hydrogens is 315 g/mol. The number of benzene rings is 2. The molecule has 21 heavy (non-hydrogen) atoms. The van der Waals surface area contributed by atoms with Crippen LogP contribution in [0, 0.1) is 21.4 Å². The number of nitrogens with zero attached hydrogens (tertiary/aromatic N) is 2. The van der Waals surface area contributed by atoms with Gasteiger partial charge in [-0.2, -0.15) is 5.26 Å². The van der Waals surface area contributed by atoms with Crippen molar-refractivity contribution in [3.8, 4) is 11.8 Å². The zero-order valence-electron chi connectivity index (χ0n) is 10.5. The Balaban J connectivity index is 2.30. The summed E-state index contributed by atoms with van der Waals surface area (Å²) < 4.78 is 5.43. The van der Waals surface area contributed by atoms with Gasteiger partial charge in [-0.1, -0.05) is 41.4 Å². The number of hydrogen-bond acceptors (Lipinski definition) is 4. The third kappa shape index (κ3) is 3.43. The molecule has 0 aliphatic rings. The minimum Gasteiger partial charge on any atom is -0.482 e. The summed E-state index contributed by atoms with van der Waals surface area (Å²) in [7, 11) is 0. The lowest BCUT2D eigenvalue weighted by Gasteiger charge is -2.09. The Morgan fingerprint density at radius 2 is 1.90 bits per heavy atom. The molecule has 0 aliphatic carbocycles. The van der Waals surface area contributed by atoms with E-state index in [2.05, 4.69) is 0 Å². The van der Waals surface area contributed by atoms with E-state index in [0.29, 0.717) is 11.1 Å². The maximum atomic E-state index is 11.0. The van der Waals surface area contributed by atoms with E-state index in [0.717, 1.165) is 6.07 Å². The fourth-order valence-electron chi connectivity index (χ4n) is 1.69. The van der Waals surface area contributed by atoms with Gasteiger partial charge in [-0.3, -0.25) is 10.1 Å². The molecule has 0 amide bonds. The minimum absolute atomic E-state index is 0.00198. The van der Waals surface area contributed by atoms with Crippen LogP contribution in [0.1, 0.15) is 11.1 Å². The smallest absolute Gasteiger partial charge is 0.312 e. The topological polar surface area (TPSA) is 76.2 Å². The molecule has 2 rings (SSSR count). The van der Waals surface area contributed by atoms with Gasteiger partial charge in [0.15, 0.2) is 5.75 Å². The molecule has 7 heteroatoms. The van der Waals surface area contributed by atoms with E-state index < -0.39 is 4.92 Å². The van der Waals surface area contributed by atoms with Crippen LogP contribution < -0.4 is 4.74 Å². The van der Waals surface area contributed by atoms with Crippen LogP contribution in [-0.2, 0) is 6.61 Å². The quantitative estimate of drug-likeness (QED) is 0.619. The van der Waals surface area contributed by atoms with Crippen molar-refractivity contribution in [3.05, 3.63) is 67.7 Å². The second-order valence-corrected chi connectivity index (χ2v) is 4.86. The average molecular weight is 323 g/mol. The predicted octanol–water partition coefficient (Wildman–Crippen LogP) is 4.35. The maximum absolute atomic E-state index is 11.0. The summed E-state index contributed by atoms with van der Waals surface area (Å²) in [6.07, 6.45) is 0. The van der Waals surface area contributed by atoms with Gasteiger partial charge in [-0.15, -0.1) is 0 Å². The normalized spacial score (nSPS) is 9.95. The van der Waals surface area contributed by atoms with Crippen LogP contribution in [0.4, 0.5) is 5.69 Å². The second-order valence-electron chi connectivity index (χ2n) is 4.05. The van der Waals surface area contributed by atoms with Crippen molar-refractivity contribution >= 4 is 28.9 Å². The van der Waals surface area contributed by atoms with E-state index in [9.17, 15) is 10.1 Å². The van der Waals surface area contributed by atoms with E-state index in [4.69, 9.17) is 33.2 Å². The van der Waals surface area contributed by atoms with Crippen molar-refractivity contribution in [1.29, 1.82) is 5.26 Å². The van der Waals surface area contributed by atoms with Crippen LogP contribution in [0.3, 0.4) is 0 Å². The monoisotopic (exact) mass is 322 g/mol. The van der Waals surface area contributed by atoms with Crippen LogP contribution >= 0.6 is 23.2 Å². The molecule has 0 spiro atoms. The van der Waals surface area contributed by atoms with E-state index in [-0.39, 0.29) is 28.1 Å². The number of hydrogen-bond donors (Lipinski definition) is 0. The van der Waals surface area contributed by atoms with Crippen LogP contribution in [0.2, 0.25) is 10.0 Å². The Hall–Kier alpha value is -2.29. The molecule has 0 radical (unpaired) electrons. The van der Waals surface area contributed by atoms with Crippen LogP contribution in [0.5, 0.6) is 5.75 Å². The lowest BCUT2D eigenvalue weighted by molar-refractivity contribution is -0.385. The molecule has 0 heterocycles. The Labute approximate surface area is 130 Å². The van der Waals surface area contributed by atoms with Gasteiger partial charge in [0.1, 0.15) is 6.61 Å². The highest BCUT2D eigenvalue weighted by Gasteiger charge is 2.18. The first-order chi connectivity index (χ1) is 10.0. The molecule has 0 aliphatic heterocycles. The van der Waals surface area contributed by atoms with Crippen LogP contribution in [-0.4, -0.2) is 4.92 Å². The van der Waals surface area contributed by atoms with Crippen LogP contribution in [0.25, 0.3) is 0 Å². The molecule has 0 fully saturated rings. The molecule has 106 valence electrons. The molecule has 5 nitrogen and oxygen atoms in total. The first kappa shape index (κ1) is 15.1. The largest absolute Gasteiger partial charge is 0.482 e. The van der Waals surface area contributed by atoms with Gasteiger partial charge in [0, 0.05) is 17.7 Å². The summed E-state index contributed by atoms with van der Waals surface area (Å²) in [4.78, 5) is 10.4. The number of rotatable bonds is 4. The Morgan fingerprint density at radius 1 is 1.24 bits per heavy atom. The molecule has 0 unspecified atom stereocenters. The molecule has 0 saturated carbocycles. The minimum atomic E-state index is -0.603. The molecule has 0 N–H and O–H groups in total. The van der Waals surface area contributed by atoms with Gasteiger partial charge in [-0.05, 0) is 6.07 Å². The zero-order chi connectivity index (χ0) is 15.4. The van der Waals surface area contributed by atoms with E-state index >= 15 is 0 Å². The van der Waals surface area contributed by atoms with Crippen molar-refractivity contribution < 1.29 is 9.66 Å². The van der Waals surface area contributed by atoms with Crippen molar-refractivity contribution in [1.82, 2.24) is 0 Å². The first-order valence-corrected chi connectivity index (χ1v) is 6.52. The Morgan fingerprint density at radius 3 is 2.57 bits per heavy atom. The summed E-state index contributed by atoms with van der Waals surface area (Å²) >= 11 is 11.6. The van der Waals surface area contributed by atoms with E-state index in [1.165, 1.54) is 6.07 Å². The summed E-state index contributed by atoms with van der Waals surface area (Å²) in [6.45, 7) is 0.0164. The Bertz CT molecular complexity index is 741. The van der Waals surface area contributed by atoms with E-state index in [1.54, 1.807) is 24.3 Å². The molecule has 0 atom stereocenters. The molecule has 2 aromatic rings. The number of nitro benzene ring substituents is 1. The highest BCUT2D eigenvalue weighted by Crippen LogP contribution is 2.36. The average Bonchev–Trinajstić information content (AvgIpc) is 2.48. The number of ether oxygens (including phenoxy) is 1. The summed E-state index contributed by atoms with van der Waals surface area (Å²) in [5.41, 5.74) is 0.791. The molecule has 0 bridgehead atoms. The highest BCUT2D eigenvalue weighted by atomic mass is 35.5. The van der Waals surface area contributed by atoms with Crippen molar-refractivity contribution in [2.75, 3.05) is 0 Å². The maximum Gasteiger partial charge on any atom is 0.312 e. The fourth-order valence-corrected chi connectivity index (χ4v) is 2.00. The second kappa shape index (κ2) is 6.44. The number of nitro groups is 1. The summed E-state index contributed by atoms with van der Waals surface area (Å²) in [5, 5.41) is 20.2. The van der Waals surface area contributed by atoms with Gasteiger partial charge < -0.3 is 4.74 Å². The van der Waals surface area contributed by atoms with Crippen molar-refractivity contribution in [2.24, 2.45) is 0 Å². The van der Waals surface area contributed by atoms with Crippen molar-refractivity contribution in [2.45, 2.75) is 6.61 Å². The van der Waals surface area contributed by atoms with Gasteiger partial charge in [0.2, 0.25) is 0 Å². The third-order valence-corrected chi connectivity index (χ3v) is 3.44. The first-order valence-electron chi connectivity index (χ1n) is 5.77. The van der Waals surface area contributed by atoms with Gasteiger partial charge in [0.05, 0.1) is 26.6 Å². The van der Waals surface area contributed by atoms with Gasteiger partial charge in [-0.25, -0.2) is 0 Å². The SMILES string of the molecule is N#Cc1ccccc1COc1cc(Cl)c(Cl)cc1[N+](=O)[O-]. The van der Waals surface area contributed by atoms with Gasteiger partial charge in [0.25, 0.3) is 0 Å². The lowest BCUT2D eigenvalue weighted by Crippen LogP contribution is -2.01. The van der Waals surface area contributed by atoms with Crippen LogP contribution in [0.15, 0.2) is 36.4 Å². The highest BCUT2D eigenvalue weighted by molar-refractivity contribution is 6.42. The molecule has 0 saturated heterocycles. The molecule has 0 aromatic heterocycles. The Kier molecular flexibility index (Phi) is 4.63. The standard InChI is InChI=1S/C14H8Cl2N2O3/c15-11-5-13(18(19)20)14(6-12(11)16)21-8-10-4-2-1-3-9(10)7-17/h1-6H,8H2. The lowest BCUT2D eigenvalue weighted by atomic mass is 10.1. The van der Waals surface area contributed by atoms with E-state index in [1.807, 2.05) is 6.07 Å². The zero-order valence-corrected chi connectivity index (χ0v) is 12.1. The number of halogens is 2. The van der Waals surface area contributed by atoms with Gasteiger partial charge >= 0.3 is 5.69 Å². The predicted molar refractivity (Wildman–Crippen MR) is 78.6 cm³/mol. The fraction of sp³-hybridized carbons (Fsp3) is 0.0714. The third-order valence-electron chi connectivity index (χ3n) is 2.72.